The molecular weight excluding hydrogens is 350 g/mol. The number of anilines is 3. The standard InChI is InChI=1S/C22H17N5O/c23-12-15-5-7-17(8-6-15)26-21-10-9-18(14-25-21)27-22(28)11-16-13-24-20-4-2-1-3-19(16)20/h1-10,13-14,24H,11H2,(H,25,26)(H,27,28). The van der Waals surface area contributed by atoms with Crippen LogP contribution < -0.4 is 10.6 Å². The van der Waals surface area contributed by atoms with Crippen molar-refractivity contribution in [1.29, 1.82) is 5.26 Å². The number of pyridine rings is 1. The summed E-state index contributed by atoms with van der Waals surface area (Å²) in [7, 11) is 0. The van der Waals surface area contributed by atoms with Crippen molar-refractivity contribution in [3.8, 4) is 6.07 Å². The van der Waals surface area contributed by atoms with Crippen molar-refractivity contribution in [2.75, 3.05) is 10.6 Å². The van der Waals surface area contributed by atoms with Crippen LogP contribution in [0.4, 0.5) is 17.2 Å². The molecule has 2 heterocycles. The molecule has 0 aliphatic carbocycles. The normalized spacial score (nSPS) is 10.4. The molecule has 0 radical (unpaired) electrons. The molecule has 6 nitrogen and oxygen atoms in total. The van der Waals surface area contributed by atoms with Gasteiger partial charge in [0.25, 0.3) is 0 Å². The largest absolute Gasteiger partial charge is 0.361 e. The summed E-state index contributed by atoms with van der Waals surface area (Å²) in [5.41, 5.74) is 4.05. The molecule has 1 amide bonds. The SMILES string of the molecule is N#Cc1ccc(Nc2ccc(NC(=O)Cc3c[nH]c4ccccc34)cn2)cc1. The van der Waals surface area contributed by atoms with Crippen LogP contribution in [0.2, 0.25) is 0 Å². The molecule has 136 valence electrons. The number of fused-ring (bicyclic) bond motifs is 1. The predicted molar refractivity (Wildman–Crippen MR) is 109 cm³/mol. The second-order valence-electron chi connectivity index (χ2n) is 6.33. The number of aromatic nitrogens is 2. The van der Waals surface area contributed by atoms with E-state index in [4.69, 9.17) is 5.26 Å². The molecule has 2 aromatic carbocycles. The number of hydrogen-bond donors (Lipinski definition) is 3. The quantitative estimate of drug-likeness (QED) is 0.488. The zero-order chi connectivity index (χ0) is 19.3. The van der Waals surface area contributed by atoms with Crippen LogP contribution in [0.3, 0.4) is 0 Å². The van der Waals surface area contributed by atoms with Crippen LogP contribution in [0.5, 0.6) is 0 Å². The zero-order valence-electron chi connectivity index (χ0n) is 14.9. The third-order valence-electron chi connectivity index (χ3n) is 4.36. The van der Waals surface area contributed by atoms with Gasteiger partial charge in [-0.05, 0) is 48.0 Å². The number of nitriles is 1. The van der Waals surface area contributed by atoms with Gasteiger partial charge in [0.05, 0.1) is 29.9 Å². The van der Waals surface area contributed by atoms with Gasteiger partial charge in [0.15, 0.2) is 0 Å². The average molecular weight is 367 g/mol. The number of para-hydroxylation sites is 1. The Balaban J connectivity index is 1.38. The first-order chi connectivity index (χ1) is 13.7. The van der Waals surface area contributed by atoms with Gasteiger partial charge in [0.1, 0.15) is 5.82 Å². The lowest BCUT2D eigenvalue weighted by molar-refractivity contribution is -0.115. The zero-order valence-corrected chi connectivity index (χ0v) is 14.9. The fraction of sp³-hybridized carbons (Fsp3) is 0.0455. The molecule has 0 saturated carbocycles. The van der Waals surface area contributed by atoms with Crippen molar-refractivity contribution >= 4 is 34.0 Å². The molecular formula is C22H17N5O. The van der Waals surface area contributed by atoms with Crippen molar-refractivity contribution in [2.24, 2.45) is 0 Å². The van der Waals surface area contributed by atoms with Crippen LogP contribution in [0, 0.1) is 11.3 Å². The number of amides is 1. The summed E-state index contributed by atoms with van der Waals surface area (Å²) < 4.78 is 0. The van der Waals surface area contributed by atoms with Crippen molar-refractivity contribution < 1.29 is 4.79 Å². The molecule has 0 spiro atoms. The second kappa shape index (κ2) is 7.64. The Morgan fingerprint density at radius 1 is 1.04 bits per heavy atom. The summed E-state index contributed by atoms with van der Waals surface area (Å²) in [5.74, 6) is 0.554. The Kier molecular flexibility index (Phi) is 4.72. The predicted octanol–water partition coefficient (Wildman–Crippen LogP) is 4.36. The summed E-state index contributed by atoms with van der Waals surface area (Å²) in [6.07, 6.45) is 3.77. The molecule has 0 aliphatic rings. The Labute approximate surface area is 161 Å². The minimum absolute atomic E-state index is 0.0978. The Bertz CT molecular complexity index is 1150. The topological polar surface area (TPSA) is 93.6 Å². The van der Waals surface area contributed by atoms with E-state index in [1.165, 1.54) is 0 Å². The van der Waals surface area contributed by atoms with Crippen molar-refractivity contribution in [3.63, 3.8) is 0 Å². The molecule has 3 N–H and O–H groups in total. The van der Waals surface area contributed by atoms with Gasteiger partial charge in [-0.25, -0.2) is 4.98 Å². The van der Waals surface area contributed by atoms with Crippen molar-refractivity contribution in [3.05, 3.63) is 84.2 Å². The molecule has 0 aliphatic heterocycles. The van der Waals surface area contributed by atoms with Crippen LogP contribution in [0.1, 0.15) is 11.1 Å². The van der Waals surface area contributed by atoms with Gasteiger partial charge in [-0.2, -0.15) is 5.26 Å². The maximum atomic E-state index is 12.4. The Morgan fingerprint density at radius 2 is 1.82 bits per heavy atom. The molecule has 4 rings (SSSR count). The van der Waals surface area contributed by atoms with E-state index >= 15 is 0 Å². The van der Waals surface area contributed by atoms with E-state index in [0.717, 1.165) is 22.2 Å². The first-order valence-electron chi connectivity index (χ1n) is 8.79. The fourth-order valence-electron chi connectivity index (χ4n) is 2.97. The number of nitrogens with one attached hydrogen (secondary N) is 3. The lowest BCUT2D eigenvalue weighted by atomic mass is 10.1. The van der Waals surface area contributed by atoms with E-state index in [1.54, 1.807) is 30.5 Å². The van der Waals surface area contributed by atoms with E-state index in [1.807, 2.05) is 42.6 Å². The van der Waals surface area contributed by atoms with E-state index in [9.17, 15) is 4.79 Å². The minimum Gasteiger partial charge on any atom is -0.361 e. The molecule has 0 saturated heterocycles. The van der Waals surface area contributed by atoms with Crippen molar-refractivity contribution in [1.82, 2.24) is 9.97 Å². The summed E-state index contributed by atoms with van der Waals surface area (Å²) in [4.78, 5) is 19.9. The number of rotatable bonds is 5. The summed E-state index contributed by atoms with van der Waals surface area (Å²) >= 11 is 0. The monoisotopic (exact) mass is 367 g/mol. The molecule has 2 aromatic heterocycles. The number of benzene rings is 2. The highest BCUT2D eigenvalue weighted by Crippen LogP contribution is 2.20. The number of carbonyl (C=O) groups excluding carboxylic acids is 1. The fourth-order valence-corrected chi connectivity index (χ4v) is 2.97. The number of hydrogen-bond acceptors (Lipinski definition) is 4. The van der Waals surface area contributed by atoms with Gasteiger partial charge >= 0.3 is 0 Å². The molecule has 0 bridgehead atoms. The van der Waals surface area contributed by atoms with Gasteiger partial charge in [-0.15, -0.1) is 0 Å². The lowest BCUT2D eigenvalue weighted by Crippen LogP contribution is -2.14. The van der Waals surface area contributed by atoms with E-state index in [0.29, 0.717) is 17.1 Å². The van der Waals surface area contributed by atoms with E-state index in [2.05, 4.69) is 26.7 Å². The van der Waals surface area contributed by atoms with Gasteiger partial charge in [0, 0.05) is 22.8 Å². The molecule has 28 heavy (non-hydrogen) atoms. The third kappa shape index (κ3) is 3.84. The van der Waals surface area contributed by atoms with E-state index < -0.39 is 0 Å². The first-order valence-corrected chi connectivity index (χ1v) is 8.79. The first kappa shape index (κ1) is 17.3. The summed E-state index contributed by atoms with van der Waals surface area (Å²) in [6, 6.07) is 20.7. The number of carbonyl (C=O) groups is 1. The average Bonchev–Trinajstić information content (AvgIpc) is 3.13. The van der Waals surface area contributed by atoms with Crippen LogP contribution >= 0.6 is 0 Å². The minimum atomic E-state index is -0.0978. The third-order valence-corrected chi connectivity index (χ3v) is 4.36. The smallest absolute Gasteiger partial charge is 0.228 e. The lowest BCUT2D eigenvalue weighted by Gasteiger charge is -2.08. The number of nitrogens with zero attached hydrogens (tertiary/aromatic N) is 2. The highest BCUT2D eigenvalue weighted by atomic mass is 16.1. The van der Waals surface area contributed by atoms with Crippen LogP contribution in [-0.2, 0) is 11.2 Å². The van der Waals surface area contributed by atoms with Gasteiger partial charge < -0.3 is 15.6 Å². The molecule has 0 unspecified atom stereocenters. The Morgan fingerprint density at radius 3 is 2.57 bits per heavy atom. The molecule has 0 atom stereocenters. The van der Waals surface area contributed by atoms with E-state index in [-0.39, 0.29) is 12.3 Å². The second-order valence-corrected chi connectivity index (χ2v) is 6.33. The molecule has 6 heteroatoms. The highest BCUT2D eigenvalue weighted by molar-refractivity contribution is 5.95. The van der Waals surface area contributed by atoms with Gasteiger partial charge in [-0.3, -0.25) is 4.79 Å². The van der Waals surface area contributed by atoms with Crippen molar-refractivity contribution in [2.45, 2.75) is 6.42 Å². The van der Waals surface area contributed by atoms with Crippen LogP contribution in [0.25, 0.3) is 10.9 Å². The number of aromatic amines is 1. The van der Waals surface area contributed by atoms with Gasteiger partial charge in [0.2, 0.25) is 5.91 Å². The summed E-state index contributed by atoms with van der Waals surface area (Å²) in [5, 5.41) is 15.9. The van der Waals surface area contributed by atoms with Crippen LogP contribution in [0.15, 0.2) is 73.1 Å². The van der Waals surface area contributed by atoms with Crippen LogP contribution in [-0.4, -0.2) is 15.9 Å². The van der Waals surface area contributed by atoms with Gasteiger partial charge in [-0.1, -0.05) is 18.2 Å². The molecule has 0 fully saturated rings. The molecule has 4 aromatic rings. The maximum Gasteiger partial charge on any atom is 0.228 e. The Hall–Kier alpha value is -4.11. The maximum absolute atomic E-state index is 12.4. The number of H-pyrrole nitrogens is 1. The highest BCUT2D eigenvalue weighted by Gasteiger charge is 2.09. The summed E-state index contributed by atoms with van der Waals surface area (Å²) in [6.45, 7) is 0.